The smallest absolute Gasteiger partial charge is 0.172 e. The minimum atomic E-state index is -1.35. The number of anilines is 2. The average Bonchev–Trinajstić information content (AvgIpc) is 3.38. The van der Waals surface area contributed by atoms with Crippen LogP contribution in [0, 0.1) is 11.6 Å². The predicted octanol–water partition coefficient (Wildman–Crippen LogP) is 3.78. The van der Waals surface area contributed by atoms with Gasteiger partial charge in [-0.2, -0.15) is 0 Å². The molecule has 198 valence electrons. The van der Waals surface area contributed by atoms with E-state index >= 15 is 0 Å². The van der Waals surface area contributed by atoms with Crippen molar-refractivity contribution < 1.29 is 19.0 Å². The molecular weight excluding hydrogens is 478 g/mol. The molecule has 1 saturated carbocycles. The number of rotatable bonds is 7. The van der Waals surface area contributed by atoms with Crippen LogP contribution in [0.15, 0.2) is 30.5 Å². The van der Waals surface area contributed by atoms with Crippen LogP contribution < -0.4 is 10.2 Å². The third-order valence-corrected chi connectivity index (χ3v) is 7.28. The Bertz CT molecular complexity index is 1250. The Kier molecular flexibility index (Phi) is 7.24. The molecule has 1 aliphatic carbocycles. The Balaban J connectivity index is 1.39. The Hall–Kier alpha value is -2.95. The third kappa shape index (κ3) is 5.81. The van der Waals surface area contributed by atoms with Crippen LogP contribution in [-0.4, -0.2) is 67.9 Å². The van der Waals surface area contributed by atoms with Crippen molar-refractivity contribution in [1.82, 2.24) is 19.9 Å². The van der Waals surface area contributed by atoms with E-state index in [0.29, 0.717) is 61.1 Å². The quantitative estimate of drug-likeness (QED) is 0.440. The third-order valence-electron chi connectivity index (χ3n) is 7.28. The number of hydrogen-bond acceptors (Lipinski definition) is 8. The Morgan fingerprint density at radius 2 is 1.78 bits per heavy atom. The monoisotopic (exact) mass is 512 g/mol. The molecule has 1 saturated heterocycles. The molecule has 0 bridgehead atoms. The molecule has 2 fully saturated rings. The summed E-state index contributed by atoms with van der Waals surface area (Å²) in [6, 6.07) is 5.75. The Morgan fingerprint density at radius 3 is 2.46 bits per heavy atom. The van der Waals surface area contributed by atoms with Gasteiger partial charge in [0, 0.05) is 50.4 Å². The fraction of sp³-hybridized carbons (Fsp3) is 0.519. The van der Waals surface area contributed by atoms with Gasteiger partial charge in [-0.25, -0.2) is 18.7 Å². The molecule has 0 spiro atoms. The van der Waals surface area contributed by atoms with Gasteiger partial charge in [0.25, 0.3) is 0 Å². The zero-order valence-electron chi connectivity index (χ0n) is 21.3. The number of aliphatic hydroxyl groups excluding tert-OH is 1. The van der Waals surface area contributed by atoms with Crippen LogP contribution >= 0.6 is 0 Å². The van der Waals surface area contributed by atoms with Gasteiger partial charge in [-0.05, 0) is 38.8 Å². The number of pyridine rings is 1. The first-order valence-electron chi connectivity index (χ1n) is 12.9. The maximum Gasteiger partial charge on any atom is 0.172 e. The zero-order chi connectivity index (χ0) is 26.2. The van der Waals surface area contributed by atoms with Crippen molar-refractivity contribution in [2.24, 2.45) is 0 Å². The van der Waals surface area contributed by atoms with Crippen LogP contribution in [0.2, 0.25) is 0 Å². The molecule has 3 aromatic rings. The van der Waals surface area contributed by atoms with E-state index < -0.39 is 23.3 Å². The number of piperazine rings is 1. The lowest BCUT2D eigenvalue weighted by molar-refractivity contribution is -0.0516. The molecule has 1 atom stereocenters. The van der Waals surface area contributed by atoms with Gasteiger partial charge in [0.15, 0.2) is 11.6 Å². The highest BCUT2D eigenvalue weighted by Crippen LogP contribution is 2.31. The fourth-order valence-corrected chi connectivity index (χ4v) is 5.07. The van der Waals surface area contributed by atoms with Gasteiger partial charge >= 0.3 is 0 Å². The fourth-order valence-electron chi connectivity index (χ4n) is 5.07. The molecule has 2 aromatic heterocycles. The summed E-state index contributed by atoms with van der Waals surface area (Å²) in [6.45, 7) is 6.22. The van der Waals surface area contributed by atoms with E-state index in [1.165, 1.54) is 38.8 Å². The molecule has 3 heterocycles. The van der Waals surface area contributed by atoms with Crippen LogP contribution in [0.25, 0.3) is 11.0 Å². The lowest BCUT2D eigenvalue weighted by Gasteiger charge is -2.36. The molecule has 1 aromatic carbocycles. The van der Waals surface area contributed by atoms with Gasteiger partial charge in [-0.15, -0.1) is 0 Å². The lowest BCUT2D eigenvalue weighted by Crippen LogP contribution is -2.46. The lowest BCUT2D eigenvalue weighted by atomic mass is 9.98. The summed E-state index contributed by atoms with van der Waals surface area (Å²) in [7, 11) is 0. The summed E-state index contributed by atoms with van der Waals surface area (Å²) >= 11 is 0. The number of nitrogens with zero attached hydrogens (tertiary/aromatic N) is 5. The van der Waals surface area contributed by atoms with Gasteiger partial charge in [0.1, 0.15) is 23.3 Å². The summed E-state index contributed by atoms with van der Waals surface area (Å²) in [5.41, 5.74) is 0.677. The van der Waals surface area contributed by atoms with E-state index in [0.717, 1.165) is 30.5 Å². The second-order valence-electron chi connectivity index (χ2n) is 10.7. The van der Waals surface area contributed by atoms with Crippen molar-refractivity contribution in [2.45, 2.75) is 63.8 Å². The molecule has 37 heavy (non-hydrogen) atoms. The normalized spacial score (nSPS) is 18.5. The molecule has 1 unspecified atom stereocenters. The molecule has 2 aliphatic rings. The molecule has 1 aliphatic heterocycles. The first-order valence-corrected chi connectivity index (χ1v) is 12.9. The number of hydrogen-bond donors (Lipinski definition) is 3. The Morgan fingerprint density at radius 1 is 1.05 bits per heavy atom. The zero-order valence-corrected chi connectivity index (χ0v) is 21.3. The van der Waals surface area contributed by atoms with E-state index in [9.17, 15) is 19.0 Å². The van der Waals surface area contributed by atoms with Crippen LogP contribution in [-0.2, 0) is 6.54 Å². The first-order chi connectivity index (χ1) is 17.7. The van der Waals surface area contributed by atoms with Crippen molar-refractivity contribution in [3.63, 3.8) is 0 Å². The first kappa shape index (κ1) is 25.7. The molecule has 3 N–H and O–H groups in total. The average molecular weight is 513 g/mol. The second kappa shape index (κ2) is 10.4. The van der Waals surface area contributed by atoms with Crippen molar-refractivity contribution in [3.05, 3.63) is 53.4 Å². The van der Waals surface area contributed by atoms with E-state index in [1.807, 2.05) is 0 Å². The van der Waals surface area contributed by atoms with Gasteiger partial charge in [-0.1, -0.05) is 18.9 Å². The predicted molar refractivity (Wildman–Crippen MR) is 138 cm³/mol. The summed E-state index contributed by atoms with van der Waals surface area (Å²) in [5.74, 6) is 0.358. The molecular formula is C27H34F2N6O2. The standard InChI is InChI=1S/C27H34F2N6O2/c1-27(2,37)24(36)22-14-21-23(15-30-22)32-25(31-19-5-3-4-6-19)26(33-21)35-11-9-34(10-12-35)16-17-7-8-18(28)13-20(17)29/h7-8,13-15,19,24,36-37H,3-6,9-12,16H2,1-2H3,(H,31,32). The minimum absolute atomic E-state index is 0.336. The van der Waals surface area contributed by atoms with Crippen molar-refractivity contribution in [3.8, 4) is 0 Å². The number of nitrogens with one attached hydrogen (secondary N) is 1. The topological polar surface area (TPSA) is 97.6 Å². The number of fused-ring (bicyclic) bond motifs is 1. The molecule has 0 amide bonds. The van der Waals surface area contributed by atoms with Gasteiger partial charge in [0.05, 0.1) is 23.0 Å². The maximum absolute atomic E-state index is 14.2. The van der Waals surface area contributed by atoms with Gasteiger partial charge in [0.2, 0.25) is 0 Å². The van der Waals surface area contributed by atoms with Crippen molar-refractivity contribution in [2.75, 3.05) is 36.4 Å². The van der Waals surface area contributed by atoms with Gasteiger partial charge in [-0.3, -0.25) is 9.88 Å². The highest BCUT2D eigenvalue weighted by molar-refractivity contribution is 5.80. The minimum Gasteiger partial charge on any atom is -0.387 e. The van der Waals surface area contributed by atoms with Crippen LogP contribution in [0.4, 0.5) is 20.4 Å². The number of aromatic nitrogens is 3. The number of halogens is 2. The summed E-state index contributed by atoms with van der Waals surface area (Å²) in [4.78, 5) is 18.5. The SMILES string of the molecule is CC(C)(O)C(O)c1cc2nc(N3CCN(Cc4ccc(F)cc4F)CC3)c(NC3CCCC3)nc2cn1. The van der Waals surface area contributed by atoms with E-state index in [4.69, 9.17) is 9.97 Å². The van der Waals surface area contributed by atoms with Crippen LogP contribution in [0.5, 0.6) is 0 Å². The number of aliphatic hydroxyl groups is 2. The molecule has 5 rings (SSSR count). The molecule has 0 radical (unpaired) electrons. The second-order valence-corrected chi connectivity index (χ2v) is 10.7. The summed E-state index contributed by atoms with van der Waals surface area (Å²) in [6.07, 6.45) is 4.98. The van der Waals surface area contributed by atoms with E-state index in [-0.39, 0.29) is 0 Å². The van der Waals surface area contributed by atoms with Gasteiger partial charge < -0.3 is 20.4 Å². The van der Waals surface area contributed by atoms with Crippen LogP contribution in [0.1, 0.15) is 56.9 Å². The molecule has 8 nitrogen and oxygen atoms in total. The van der Waals surface area contributed by atoms with E-state index in [2.05, 4.69) is 20.1 Å². The Labute approximate surface area is 215 Å². The molecule has 10 heteroatoms. The summed E-state index contributed by atoms with van der Waals surface area (Å²) < 4.78 is 27.4. The number of benzene rings is 1. The summed E-state index contributed by atoms with van der Waals surface area (Å²) in [5, 5.41) is 24.4. The maximum atomic E-state index is 14.2. The highest BCUT2D eigenvalue weighted by Gasteiger charge is 2.29. The van der Waals surface area contributed by atoms with E-state index in [1.54, 1.807) is 12.3 Å². The largest absolute Gasteiger partial charge is 0.387 e. The highest BCUT2D eigenvalue weighted by atomic mass is 19.1. The van der Waals surface area contributed by atoms with Crippen molar-refractivity contribution in [1.29, 1.82) is 0 Å². The van der Waals surface area contributed by atoms with Crippen molar-refractivity contribution >= 4 is 22.7 Å². The van der Waals surface area contributed by atoms with Crippen LogP contribution in [0.3, 0.4) is 0 Å².